The van der Waals surface area contributed by atoms with E-state index in [1.54, 1.807) is 6.20 Å². The molecular formula is C16H22N4O2. The molecule has 0 aliphatic heterocycles. The third-order valence-corrected chi connectivity index (χ3v) is 6.01. The number of aromatic nitrogens is 2. The van der Waals surface area contributed by atoms with Crippen LogP contribution in [0.25, 0.3) is 0 Å². The van der Waals surface area contributed by atoms with E-state index in [1.165, 1.54) is 6.42 Å². The monoisotopic (exact) mass is 302 g/mol. The number of nitrogens with zero attached hydrogens (tertiary/aromatic N) is 1. The molecule has 4 fully saturated rings. The summed E-state index contributed by atoms with van der Waals surface area (Å²) < 4.78 is 0. The molecule has 4 aliphatic rings. The van der Waals surface area contributed by atoms with Gasteiger partial charge in [-0.3, -0.25) is 14.7 Å². The molecule has 1 aromatic heterocycles. The van der Waals surface area contributed by atoms with Crippen molar-refractivity contribution < 1.29 is 9.59 Å². The van der Waals surface area contributed by atoms with Crippen LogP contribution >= 0.6 is 0 Å². The molecule has 4 saturated carbocycles. The quantitative estimate of drug-likeness (QED) is 0.783. The highest BCUT2D eigenvalue weighted by molar-refractivity contribution is 5.94. The molecule has 22 heavy (non-hydrogen) atoms. The van der Waals surface area contributed by atoms with Crippen molar-refractivity contribution in [3.05, 3.63) is 17.5 Å². The van der Waals surface area contributed by atoms with Crippen LogP contribution in [0.3, 0.4) is 0 Å². The molecule has 4 N–H and O–H groups in total. The molecule has 0 aromatic carbocycles. The summed E-state index contributed by atoms with van der Waals surface area (Å²) in [7, 11) is 0. The van der Waals surface area contributed by atoms with Gasteiger partial charge in [0.25, 0.3) is 5.91 Å². The second-order valence-corrected chi connectivity index (χ2v) is 7.76. The molecule has 4 aliphatic carbocycles. The van der Waals surface area contributed by atoms with Crippen LogP contribution in [0.5, 0.6) is 0 Å². The third-order valence-electron chi connectivity index (χ3n) is 6.01. The van der Waals surface area contributed by atoms with E-state index in [4.69, 9.17) is 5.73 Å². The number of H-pyrrole nitrogens is 1. The largest absolute Gasteiger partial charge is 0.369 e. The maximum atomic E-state index is 12.6. The van der Waals surface area contributed by atoms with Gasteiger partial charge in [0.1, 0.15) is 0 Å². The van der Waals surface area contributed by atoms with Gasteiger partial charge in [0.15, 0.2) is 5.69 Å². The van der Waals surface area contributed by atoms with Crippen LogP contribution in [0.1, 0.15) is 54.6 Å². The molecule has 0 radical (unpaired) electrons. The van der Waals surface area contributed by atoms with E-state index in [0.717, 1.165) is 31.2 Å². The van der Waals surface area contributed by atoms with Gasteiger partial charge in [-0.25, -0.2) is 0 Å². The summed E-state index contributed by atoms with van der Waals surface area (Å²) in [6.45, 7) is 1.86. The molecule has 2 atom stereocenters. The van der Waals surface area contributed by atoms with E-state index in [9.17, 15) is 9.59 Å². The van der Waals surface area contributed by atoms with Gasteiger partial charge >= 0.3 is 0 Å². The number of hydrogen-bond donors (Lipinski definition) is 3. The van der Waals surface area contributed by atoms with Crippen molar-refractivity contribution in [2.75, 3.05) is 0 Å². The molecule has 6 nitrogen and oxygen atoms in total. The standard InChI is InChI=1S/C16H22N4O2/c1-9-7-18-20-12(9)13(21)19-16-5-10-2-11(6-16)4-15(3-10,8-16)14(17)22/h7,10-11H,2-6,8H2,1H3,(H2,17,22)(H,18,20)(H,19,21). The average molecular weight is 302 g/mol. The van der Waals surface area contributed by atoms with Crippen molar-refractivity contribution in [3.63, 3.8) is 0 Å². The van der Waals surface area contributed by atoms with Gasteiger partial charge in [-0.15, -0.1) is 0 Å². The Morgan fingerprint density at radius 2 is 2.00 bits per heavy atom. The number of primary amides is 1. The molecule has 118 valence electrons. The van der Waals surface area contributed by atoms with Crippen LogP contribution in [0, 0.1) is 24.2 Å². The van der Waals surface area contributed by atoms with Gasteiger partial charge in [-0.1, -0.05) is 0 Å². The fourth-order valence-electron chi connectivity index (χ4n) is 5.58. The number of nitrogens with one attached hydrogen (secondary N) is 2. The van der Waals surface area contributed by atoms with E-state index in [-0.39, 0.29) is 17.4 Å². The Hall–Kier alpha value is -1.85. The fraction of sp³-hybridized carbons (Fsp3) is 0.688. The minimum Gasteiger partial charge on any atom is -0.369 e. The molecule has 4 bridgehead atoms. The number of amides is 2. The Labute approximate surface area is 129 Å². The van der Waals surface area contributed by atoms with Crippen LogP contribution in [0.15, 0.2) is 6.20 Å². The van der Waals surface area contributed by atoms with Crippen LogP contribution in [-0.4, -0.2) is 27.6 Å². The Balaban J connectivity index is 1.63. The Bertz CT molecular complexity index is 636. The Morgan fingerprint density at radius 3 is 2.55 bits per heavy atom. The normalized spacial score (nSPS) is 39.0. The summed E-state index contributed by atoms with van der Waals surface area (Å²) in [5, 5.41) is 9.98. The lowest BCUT2D eigenvalue weighted by Gasteiger charge is -2.61. The first-order valence-electron chi connectivity index (χ1n) is 8.04. The minimum atomic E-state index is -0.405. The Morgan fingerprint density at radius 1 is 1.32 bits per heavy atom. The smallest absolute Gasteiger partial charge is 0.272 e. The van der Waals surface area contributed by atoms with E-state index < -0.39 is 5.41 Å². The number of carbonyl (C=O) groups excluding carboxylic acids is 2. The molecule has 2 amide bonds. The SMILES string of the molecule is Cc1c[nH]nc1C(=O)NC12CC3CC(C1)CC(C(N)=O)(C3)C2. The second kappa shape index (κ2) is 4.33. The summed E-state index contributed by atoms with van der Waals surface area (Å²) in [5.74, 6) is 0.695. The van der Waals surface area contributed by atoms with E-state index in [2.05, 4.69) is 15.5 Å². The number of aryl methyl sites for hydroxylation is 1. The fourth-order valence-corrected chi connectivity index (χ4v) is 5.58. The van der Waals surface area contributed by atoms with Gasteiger partial charge in [0, 0.05) is 11.7 Å². The highest BCUT2D eigenvalue weighted by Crippen LogP contribution is 2.61. The van der Waals surface area contributed by atoms with Crippen LogP contribution < -0.4 is 11.1 Å². The number of aromatic amines is 1. The van der Waals surface area contributed by atoms with Crippen molar-refractivity contribution in [1.29, 1.82) is 0 Å². The molecular weight excluding hydrogens is 280 g/mol. The lowest BCUT2D eigenvalue weighted by Crippen LogP contribution is -2.65. The van der Waals surface area contributed by atoms with Crippen molar-refractivity contribution in [2.45, 2.75) is 51.0 Å². The highest BCUT2D eigenvalue weighted by atomic mass is 16.2. The van der Waals surface area contributed by atoms with Crippen molar-refractivity contribution in [1.82, 2.24) is 15.5 Å². The summed E-state index contributed by atoms with van der Waals surface area (Å²) in [5.41, 5.74) is 6.34. The first kappa shape index (κ1) is 13.8. The maximum Gasteiger partial charge on any atom is 0.272 e. The van der Waals surface area contributed by atoms with Crippen molar-refractivity contribution in [2.24, 2.45) is 23.0 Å². The van der Waals surface area contributed by atoms with E-state index >= 15 is 0 Å². The number of nitrogens with two attached hydrogens (primary N) is 1. The zero-order chi connectivity index (χ0) is 15.5. The molecule has 6 heteroatoms. The first-order valence-corrected chi connectivity index (χ1v) is 8.04. The molecule has 0 spiro atoms. The number of carbonyl (C=O) groups is 2. The van der Waals surface area contributed by atoms with E-state index in [0.29, 0.717) is 24.0 Å². The number of hydrogen-bond acceptors (Lipinski definition) is 3. The third kappa shape index (κ3) is 1.89. The van der Waals surface area contributed by atoms with Gasteiger partial charge < -0.3 is 11.1 Å². The summed E-state index contributed by atoms with van der Waals surface area (Å²) in [4.78, 5) is 24.6. The minimum absolute atomic E-state index is 0.139. The first-order chi connectivity index (χ1) is 10.4. The zero-order valence-electron chi connectivity index (χ0n) is 12.8. The van der Waals surface area contributed by atoms with Gasteiger partial charge in [0.2, 0.25) is 5.91 Å². The molecule has 2 unspecified atom stereocenters. The average Bonchev–Trinajstić information content (AvgIpc) is 2.82. The van der Waals surface area contributed by atoms with Crippen molar-refractivity contribution in [3.8, 4) is 0 Å². The van der Waals surface area contributed by atoms with Gasteiger partial charge in [-0.2, -0.15) is 5.10 Å². The molecule has 0 saturated heterocycles. The van der Waals surface area contributed by atoms with Crippen molar-refractivity contribution >= 4 is 11.8 Å². The molecule has 1 heterocycles. The predicted molar refractivity (Wildman–Crippen MR) is 79.8 cm³/mol. The van der Waals surface area contributed by atoms with Gasteiger partial charge in [0.05, 0.1) is 5.41 Å². The Kier molecular flexibility index (Phi) is 2.72. The molecule has 1 aromatic rings. The lowest BCUT2D eigenvalue weighted by molar-refractivity contribution is -0.146. The van der Waals surface area contributed by atoms with E-state index in [1.807, 2.05) is 6.92 Å². The topological polar surface area (TPSA) is 101 Å². The van der Waals surface area contributed by atoms with Gasteiger partial charge in [-0.05, 0) is 62.8 Å². The van der Waals surface area contributed by atoms with Crippen LogP contribution in [0.4, 0.5) is 0 Å². The maximum absolute atomic E-state index is 12.6. The summed E-state index contributed by atoms with van der Waals surface area (Å²) >= 11 is 0. The molecule has 5 rings (SSSR count). The predicted octanol–water partition coefficient (Wildman–Crippen LogP) is 1.27. The summed E-state index contributed by atoms with van der Waals surface area (Å²) in [6, 6.07) is 0. The van der Waals surface area contributed by atoms with Crippen LogP contribution in [-0.2, 0) is 4.79 Å². The zero-order valence-corrected chi connectivity index (χ0v) is 12.8. The highest BCUT2D eigenvalue weighted by Gasteiger charge is 2.60. The second-order valence-electron chi connectivity index (χ2n) is 7.76. The van der Waals surface area contributed by atoms with Crippen LogP contribution in [0.2, 0.25) is 0 Å². The summed E-state index contributed by atoms with van der Waals surface area (Å²) in [6.07, 6.45) is 7.32. The number of rotatable bonds is 3. The lowest BCUT2D eigenvalue weighted by atomic mass is 9.46.